The van der Waals surface area contributed by atoms with Gasteiger partial charge in [0.1, 0.15) is 5.75 Å². The van der Waals surface area contributed by atoms with E-state index in [-0.39, 0.29) is 23.9 Å². The van der Waals surface area contributed by atoms with Gasteiger partial charge in [-0.1, -0.05) is 31.0 Å². The standard InChI is InChI=1S/C26H29N3O3S/c1-32-21-13-11-19(12-14-21)26(31)29(23-9-3-2-8-22(23)27)17-18-6-4-7-20(16-18)28-25(30)24-10-5-15-33-24/h4-7,10-16,22-23H,2-3,8-9,17,27H2,1H3,(H,28,30). The second-order valence-corrected chi connectivity index (χ2v) is 9.26. The number of nitrogens with two attached hydrogens (primary N) is 1. The van der Waals surface area contributed by atoms with E-state index in [1.54, 1.807) is 37.4 Å². The highest BCUT2D eigenvalue weighted by molar-refractivity contribution is 7.12. The van der Waals surface area contributed by atoms with Gasteiger partial charge in [-0.3, -0.25) is 9.59 Å². The minimum atomic E-state index is -0.136. The van der Waals surface area contributed by atoms with Gasteiger partial charge in [-0.2, -0.15) is 0 Å². The summed E-state index contributed by atoms with van der Waals surface area (Å²) in [7, 11) is 1.61. The number of hydrogen-bond donors (Lipinski definition) is 2. The molecule has 1 fully saturated rings. The molecule has 3 N–H and O–H groups in total. The summed E-state index contributed by atoms with van der Waals surface area (Å²) >= 11 is 1.40. The van der Waals surface area contributed by atoms with Gasteiger partial charge in [0.15, 0.2) is 0 Å². The summed E-state index contributed by atoms with van der Waals surface area (Å²) in [5.41, 5.74) is 8.73. The Balaban J connectivity index is 1.57. The van der Waals surface area contributed by atoms with Crippen LogP contribution in [-0.4, -0.2) is 35.9 Å². The van der Waals surface area contributed by atoms with Crippen molar-refractivity contribution in [2.45, 2.75) is 44.3 Å². The van der Waals surface area contributed by atoms with E-state index in [0.29, 0.717) is 28.4 Å². The Labute approximate surface area is 198 Å². The molecular formula is C26H29N3O3S. The maximum absolute atomic E-state index is 13.6. The van der Waals surface area contributed by atoms with Gasteiger partial charge in [-0.15, -0.1) is 11.3 Å². The van der Waals surface area contributed by atoms with Crippen LogP contribution in [0.4, 0.5) is 5.69 Å². The minimum Gasteiger partial charge on any atom is -0.497 e. The average Bonchev–Trinajstić information content (AvgIpc) is 3.38. The number of nitrogens with one attached hydrogen (secondary N) is 1. The van der Waals surface area contributed by atoms with E-state index >= 15 is 0 Å². The van der Waals surface area contributed by atoms with Gasteiger partial charge in [0.05, 0.1) is 12.0 Å². The zero-order valence-electron chi connectivity index (χ0n) is 18.7. The molecule has 0 radical (unpaired) electrons. The molecular weight excluding hydrogens is 434 g/mol. The third kappa shape index (κ3) is 5.61. The molecule has 3 aromatic rings. The first-order valence-electron chi connectivity index (χ1n) is 11.2. The molecule has 7 heteroatoms. The quantitative estimate of drug-likeness (QED) is 0.521. The maximum Gasteiger partial charge on any atom is 0.265 e. The van der Waals surface area contributed by atoms with Gasteiger partial charge in [0.25, 0.3) is 11.8 Å². The third-order valence-corrected chi connectivity index (χ3v) is 6.93. The number of ether oxygens (including phenoxy) is 1. The lowest BCUT2D eigenvalue weighted by Gasteiger charge is -2.38. The van der Waals surface area contributed by atoms with E-state index < -0.39 is 0 Å². The lowest BCUT2D eigenvalue weighted by Crippen LogP contribution is -2.51. The van der Waals surface area contributed by atoms with Gasteiger partial charge in [-0.25, -0.2) is 0 Å². The Morgan fingerprint density at radius 3 is 2.58 bits per heavy atom. The van der Waals surface area contributed by atoms with Crippen molar-refractivity contribution in [3.05, 3.63) is 82.0 Å². The molecule has 33 heavy (non-hydrogen) atoms. The van der Waals surface area contributed by atoms with E-state index in [1.165, 1.54) is 11.3 Å². The topological polar surface area (TPSA) is 84.7 Å². The maximum atomic E-state index is 13.6. The molecule has 1 aliphatic carbocycles. The van der Waals surface area contributed by atoms with Crippen LogP contribution in [0.1, 0.15) is 51.3 Å². The molecule has 1 saturated carbocycles. The van der Waals surface area contributed by atoms with Gasteiger partial charge >= 0.3 is 0 Å². The molecule has 2 aromatic carbocycles. The van der Waals surface area contributed by atoms with E-state index in [9.17, 15) is 9.59 Å². The number of benzene rings is 2. The summed E-state index contributed by atoms with van der Waals surface area (Å²) in [6.07, 6.45) is 3.94. The largest absolute Gasteiger partial charge is 0.497 e. The Morgan fingerprint density at radius 1 is 1.09 bits per heavy atom. The molecule has 0 saturated heterocycles. The fourth-order valence-electron chi connectivity index (χ4n) is 4.31. The lowest BCUT2D eigenvalue weighted by molar-refractivity contribution is 0.0583. The van der Waals surface area contributed by atoms with Crippen molar-refractivity contribution in [1.82, 2.24) is 4.90 Å². The highest BCUT2D eigenvalue weighted by atomic mass is 32.1. The zero-order valence-corrected chi connectivity index (χ0v) is 19.5. The van der Waals surface area contributed by atoms with E-state index in [2.05, 4.69) is 5.32 Å². The Hall–Kier alpha value is -3.16. The molecule has 4 rings (SSSR count). The number of methoxy groups -OCH3 is 1. The van der Waals surface area contributed by atoms with E-state index in [0.717, 1.165) is 31.2 Å². The van der Waals surface area contributed by atoms with Crippen molar-refractivity contribution in [2.24, 2.45) is 5.73 Å². The lowest BCUT2D eigenvalue weighted by atomic mass is 9.89. The predicted molar refractivity (Wildman–Crippen MR) is 132 cm³/mol. The van der Waals surface area contributed by atoms with Crippen molar-refractivity contribution in [1.29, 1.82) is 0 Å². The van der Waals surface area contributed by atoms with E-state index in [1.807, 2.05) is 40.6 Å². The first-order chi connectivity index (χ1) is 16.0. The monoisotopic (exact) mass is 463 g/mol. The highest BCUT2D eigenvalue weighted by Crippen LogP contribution is 2.26. The summed E-state index contributed by atoms with van der Waals surface area (Å²) in [5.74, 6) is 0.525. The molecule has 6 nitrogen and oxygen atoms in total. The van der Waals surface area contributed by atoms with Crippen LogP contribution in [0, 0.1) is 0 Å². The summed E-state index contributed by atoms with van der Waals surface area (Å²) < 4.78 is 5.23. The van der Waals surface area contributed by atoms with Gasteiger partial charge in [-0.05, 0) is 66.2 Å². The van der Waals surface area contributed by atoms with Crippen LogP contribution in [0.15, 0.2) is 66.0 Å². The number of anilines is 1. The van der Waals surface area contributed by atoms with Crippen molar-refractivity contribution >= 4 is 28.8 Å². The number of hydrogen-bond acceptors (Lipinski definition) is 5. The van der Waals surface area contributed by atoms with Crippen LogP contribution in [0.2, 0.25) is 0 Å². The van der Waals surface area contributed by atoms with Crippen molar-refractivity contribution < 1.29 is 14.3 Å². The Morgan fingerprint density at radius 2 is 1.88 bits per heavy atom. The molecule has 2 amide bonds. The molecule has 1 aliphatic rings. The number of thiophene rings is 1. The molecule has 0 spiro atoms. The molecule has 0 bridgehead atoms. The molecule has 1 heterocycles. The average molecular weight is 464 g/mol. The molecule has 1 aromatic heterocycles. The fourth-order valence-corrected chi connectivity index (χ4v) is 4.93. The van der Waals surface area contributed by atoms with Crippen molar-refractivity contribution in [3.63, 3.8) is 0 Å². The molecule has 2 unspecified atom stereocenters. The summed E-state index contributed by atoms with van der Waals surface area (Å²) in [6.45, 7) is 0.423. The smallest absolute Gasteiger partial charge is 0.265 e. The van der Waals surface area contributed by atoms with Crippen LogP contribution in [0.25, 0.3) is 0 Å². The van der Waals surface area contributed by atoms with E-state index in [4.69, 9.17) is 10.5 Å². The first-order valence-corrected chi connectivity index (χ1v) is 12.1. The summed E-state index contributed by atoms with van der Waals surface area (Å²) in [6, 6.07) is 18.4. The Kier molecular flexibility index (Phi) is 7.42. The summed E-state index contributed by atoms with van der Waals surface area (Å²) in [4.78, 5) is 28.6. The third-order valence-electron chi connectivity index (χ3n) is 6.06. The molecule has 2 atom stereocenters. The number of carbonyl (C=O) groups excluding carboxylic acids is 2. The number of rotatable bonds is 7. The zero-order chi connectivity index (χ0) is 23.2. The second kappa shape index (κ2) is 10.6. The second-order valence-electron chi connectivity index (χ2n) is 8.31. The SMILES string of the molecule is COc1ccc(C(=O)N(Cc2cccc(NC(=O)c3cccs3)c2)C2CCCCC2N)cc1. The minimum absolute atomic E-state index is 0.0299. The number of nitrogens with zero attached hydrogens (tertiary/aromatic N) is 1. The van der Waals surface area contributed by atoms with Crippen LogP contribution in [-0.2, 0) is 6.54 Å². The van der Waals surface area contributed by atoms with Crippen LogP contribution < -0.4 is 15.8 Å². The normalized spacial score (nSPS) is 17.9. The van der Waals surface area contributed by atoms with Crippen molar-refractivity contribution in [3.8, 4) is 5.75 Å². The highest BCUT2D eigenvalue weighted by Gasteiger charge is 2.31. The Bertz CT molecular complexity index is 1080. The number of carbonyl (C=O) groups is 2. The fraction of sp³-hybridized carbons (Fsp3) is 0.308. The van der Waals surface area contributed by atoms with Crippen LogP contribution in [0.3, 0.4) is 0 Å². The van der Waals surface area contributed by atoms with Gasteiger partial charge < -0.3 is 20.7 Å². The van der Waals surface area contributed by atoms with Gasteiger partial charge in [0, 0.05) is 29.9 Å². The molecule has 0 aliphatic heterocycles. The van der Waals surface area contributed by atoms with Crippen LogP contribution >= 0.6 is 11.3 Å². The van der Waals surface area contributed by atoms with Crippen LogP contribution in [0.5, 0.6) is 5.75 Å². The summed E-state index contributed by atoms with van der Waals surface area (Å²) in [5, 5.41) is 4.83. The number of amides is 2. The van der Waals surface area contributed by atoms with Gasteiger partial charge in [0.2, 0.25) is 0 Å². The molecule has 172 valence electrons. The predicted octanol–water partition coefficient (Wildman–Crippen LogP) is 4.92. The van der Waals surface area contributed by atoms with Crippen molar-refractivity contribution in [2.75, 3.05) is 12.4 Å². The first kappa shape index (κ1) is 23.0.